The largest absolute Gasteiger partial charge is 0.397 e. The zero-order chi connectivity index (χ0) is 8.01. The van der Waals surface area contributed by atoms with Crippen LogP contribution in [0.25, 0.3) is 0 Å². The fourth-order valence-corrected chi connectivity index (χ4v) is 3.57. The summed E-state index contributed by atoms with van der Waals surface area (Å²) in [6.45, 7) is 2.25. The summed E-state index contributed by atoms with van der Waals surface area (Å²) >= 11 is 5.26. The summed E-state index contributed by atoms with van der Waals surface area (Å²) in [5.41, 5.74) is 8.29. The van der Waals surface area contributed by atoms with Crippen molar-refractivity contribution in [1.82, 2.24) is 0 Å². The quantitative estimate of drug-likeness (QED) is 0.730. The predicted octanol–water partition coefficient (Wildman–Crippen LogP) is 3.14. The van der Waals surface area contributed by atoms with E-state index in [1.807, 2.05) is 0 Å². The molecule has 1 aromatic rings. The first kappa shape index (κ1) is 7.62. The molecule has 0 saturated carbocycles. The van der Waals surface area contributed by atoms with Crippen molar-refractivity contribution in [1.29, 1.82) is 0 Å². The summed E-state index contributed by atoms with van der Waals surface area (Å²) < 4.78 is 1.12. The molecule has 1 aromatic heterocycles. The molecule has 0 bridgehead atoms. The van der Waals surface area contributed by atoms with Gasteiger partial charge in [0.1, 0.15) is 0 Å². The lowest BCUT2D eigenvalue weighted by Gasteiger charge is -2.01. The minimum absolute atomic E-state index is 0.674. The van der Waals surface area contributed by atoms with E-state index < -0.39 is 0 Å². The van der Waals surface area contributed by atoms with Crippen molar-refractivity contribution in [3.8, 4) is 0 Å². The Morgan fingerprint density at radius 3 is 3.00 bits per heavy atom. The molecule has 1 aliphatic rings. The molecule has 60 valence electrons. The van der Waals surface area contributed by atoms with Crippen LogP contribution in [0.1, 0.15) is 29.7 Å². The summed E-state index contributed by atoms with van der Waals surface area (Å²) in [6.07, 6.45) is 2.50. The summed E-state index contributed by atoms with van der Waals surface area (Å²) in [5, 5.41) is 0. The van der Waals surface area contributed by atoms with E-state index in [-0.39, 0.29) is 0 Å². The van der Waals surface area contributed by atoms with Gasteiger partial charge in [0.25, 0.3) is 0 Å². The normalized spacial score (nSPS) is 22.2. The van der Waals surface area contributed by atoms with Gasteiger partial charge in [-0.05, 0) is 40.3 Å². The van der Waals surface area contributed by atoms with E-state index in [9.17, 15) is 0 Å². The Kier molecular flexibility index (Phi) is 1.72. The minimum atomic E-state index is 0.674. The Labute approximate surface area is 78.7 Å². The Morgan fingerprint density at radius 2 is 2.36 bits per heavy atom. The Morgan fingerprint density at radius 1 is 1.64 bits per heavy atom. The fourth-order valence-electron chi connectivity index (χ4n) is 1.69. The highest BCUT2D eigenvalue weighted by Gasteiger charge is 2.24. The van der Waals surface area contributed by atoms with Gasteiger partial charge in [-0.2, -0.15) is 0 Å². The zero-order valence-electron chi connectivity index (χ0n) is 6.36. The summed E-state index contributed by atoms with van der Waals surface area (Å²) in [7, 11) is 0. The smallest absolute Gasteiger partial charge is 0.0933 e. The van der Waals surface area contributed by atoms with E-state index >= 15 is 0 Å². The topological polar surface area (TPSA) is 26.0 Å². The number of rotatable bonds is 0. The van der Waals surface area contributed by atoms with Crippen LogP contribution in [-0.2, 0) is 6.42 Å². The van der Waals surface area contributed by atoms with Crippen LogP contribution in [-0.4, -0.2) is 0 Å². The van der Waals surface area contributed by atoms with Gasteiger partial charge in [0.2, 0.25) is 0 Å². The van der Waals surface area contributed by atoms with Crippen LogP contribution in [0.2, 0.25) is 0 Å². The number of aryl methyl sites for hydroxylation is 1. The monoisotopic (exact) mass is 231 g/mol. The predicted molar refractivity (Wildman–Crippen MR) is 53.2 cm³/mol. The van der Waals surface area contributed by atoms with Crippen molar-refractivity contribution in [2.24, 2.45) is 0 Å². The van der Waals surface area contributed by atoms with E-state index in [0.29, 0.717) is 5.92 Å². The van der Waals surface area contributed by atoms with E-state index in [0.717, 1.165) is 9.47 Å². The molecular weight excluding hydrogens is 222 g/mol. The van der Waals surface area contributed by atoms with Gasteiger partial charge in [-0.1, -0.05) is 6.92 Å². The third-order valence-corrected chi connectivity index (χ3v) is 4.29. The number of nitrogens with two attached hydrogens (primary N) is 1. The Bertz CT molecular complexity index is 293. The summed E-state index contributed by atoms with van der Waals surface area (Å²) in [4.78, 5) is 1.49. The van der Waals surface area contributed by atoms with Crippen molar-refractivity contribution in [2.45, 2.75) is 25.7 Å². The van der Waals surface area contributed by atoms with Crippen LogP contribution in [0.5, 0.6) is 0 Å². The molecule has 2 rings (SSSR count). The van der Waals surface area contributed by atoms with E-state index in [2.05, 4.69) is 22.9 Å². The SMILES string of the molecule is CC1CCc2sc(Br)c(N)c21. The molecule has 1 nitrogen and oxygen atoms in total. The number of thiophene rings is 1. The molecule has 0 fully saturated rings. The molecule has 0 radical (unpaired) electrons. The van der Waals surface area contributed by atoms with Gasteiger partial charge in [-0.3, -0.25) is 0 Å². The van der Waals surface area contributed by atoms with Crippen LogP contribution < -0.4 is 5.73 Å². The molecule has 2 N–H and O–H groups in total. The van der Waals surface area contributed by atoms with Crippen molar-refractivity contribution in [3.05, 3.63) is 14.2 Å². The number of hydrogen-bond donors (Lipinski definition) is 1. The molecule has 0 aliphatic heterocycles. The lowest BCUT2D eigenvalue weighted by molar-refractivity contribution is 0.748. The van der Waals surface area contributed by atoms with Gasteiger partial charge >= 0.3 is 0 Å². The minimum Gasteiger partial charge on any atom is -0.397 e. The maximum Gasteiger partial charge on any atom is 0.0933 e. The standard InChI is InChI=1S/C8H10BrNS/c1-4-2-3-5-6(4)7(10)8(9)11-5/h4H,2-3,10H2,1H3. The van der Waals surface area contributed by atoms with Crippen LogP contribution in [0.15, 0.2) is 3.79 Å². The van der Waals surface area contributed by atoms with Gasteiger partial charge in [-0.15, -0.1) is 11.3 Å². The molecule has 1 aliphatic carbocycles. The third-order valence-electron chi connectivity index (χ3n) is 2.31. The molecule has 1 heterocycles. The molecule has 0 saturated heterocycles. The van der Waals surface area contributed by atoms with Gasteiger partial charge < -0.3 is 5.73 Å². The number of fused-ring (bicyclic) bond motifs is 1. The van der Waals surface area contributed by atoms with E-state index in [4.69, 9.17) is 5.73 Å². The molecule has 0 amide bonds. The third kappa shape index (κ3) is 1.02. The second-order valence-electron chi connectivity index (χ2n) is 3.07. The molecule has 11 heavy (non-hydrogen) atoms. The van der Waals surface area contributed by atoms with Crippen LogP contribution in [0, 0.1) is 0 Å². The van der Waals surface area contributed by atoms with Crippen LogP contribution >= 0.6 is 27.3 Å². The maximum atomic E-state index is 5.91. The molecule has 1 atom stereocenters. The van der Waals surface area contributed by atoms with Gasteiger partial charge in [-0.25, -0.2) is 0 Å². The van der Waals surface area contributed by atoms with Gasteiger partial charge in [0.15, 0.2) is 0 Å². The average Bonchev–Trinajstić information content (AvgIpc) is 2.41. The number of nitrogen functional groups attached to an aromatic ring is 1. The lowest BCUT2D eigenvalue weighted by Crippen LogP contribution is -1.91. The number of halogens is 1. The Balaban J connectivity index is 2.58. The lowest BCUT2D eigenvalue weighted by atomic mass is 10.1. The number of anilines is 1. The highest BCUT2D eigenvalue weighted by molar-refractivity contribution is 9.11. The van der Waals surface area contributed by atoms with Crippen molar-refractivity contribution in [2.75, 3.05) is 5.73 Å². The average molecular weight is 232 g/mol. The van der Waals surface area contributed by atoms with E-state index in [1.54, 1.807) is 11.3 Å². The van der Waals surface area contributed by atoms with Gasteiger partial charge in [0, 0.05) is 4.88 Å². The highest BCUT2D eigenvalue weighted by atomic mass is 79.9. The maximum absolute atomic E-state index is 5.91. The van der Waals surface area contributed by atoms with Gasteiger partial charge in [0.05, 0.1) is 9.47 Å². The first-order valence-electron chi connectivity index (χ1n) is 3.76. The molecular formula is C8H10BrNS. The second-order valence-corrected chi connectivity index (χ2v) is 5.49. The van der Waals surface area contributed by atoms with Crippen molar-refractivity contribution in [3.63, 3.8) is 0 Å². The highest BCUT2D eigenvalue weighted by Crippen LogP contribution is 2.45. The Hall–Kier alpha value is -0.0200. The van der Waals surface area contributed by atoms with Crippen molar-refractivity contribution >= 4 is 33.0 Å². The molecule has 0 spiro atoms. The fraction of sp³-hybridized carbons (Fsp3) is 0.500. The summed E-state index contributed by atoms with van der Waals surface area (Å²) in [5.74, 6) is 0.674. The van der Waals surface area contributed by atoms with Crippen LogP contribution in [0.4, 0.5) is 5.69 Å². The molecule has 0 aromatic carbocycles. The second kappa shape index (κ2) is 2.49. The number of hydrogen-bond acceptors (Lipinski definition) is 2. The van der Waals surface area contributed by atoms with E-state index in [1.165, 1.54) is 23.3 Å². The van der Waals surface area contributed by atoms with Crippen LogP contribution in [0.3, 0.4) is 0 Å². The summed E-state index contributed by atoms with van der Waals surface area (Å²) in [6, 6.07) is 0. The zero-order valence-corrected chi connectivity index (χ0v) is 8.76. The molecule has 3 heteroatoms. The first-order chi connectivity index (χ1) is 5.20. The van der Waals surface area contributed by atoms with Crippen molar-refractivity contribution < 1.29 is 0 Å². The first-order valence-corrected chi connectivity index (χ1v) is 5.37. The molecule has 1 unspecified atom stereocenters.